The number of aldehydes is 1. The van der Waals surface area contributed by atoms with Crippen LogP contribution in [0.5, 0.6) is 0 Å². The molecule has 2 amide bonds. The topological polar surface area (TPSA) is 155 Å². The zero-order chi connectivity index (χ0) is 19.5. The van der Waals surface area contributed by atoms with Gasteiger partial charge in [0, 0.05) is 26.2 Å². The lowest BCUT2D eigenvalue weighted by molar-refractivity contribution is -0.143. The molecule has 0 aromatic rings. The monoisotopic (exact) mass is 376 g/mol. The smallest absolute Gasteiger partial charge is 0.329 e. The molecule has 0 saturated heterocycles. The Morgan fingerprint density at radius 1 is 0.769 bits per heavy atom. The first-order valence-electron chi connectivity index (χ1n) is 8.32. The average Bonchev–Trinajstić information content (AvgIpc) is 2.59. The fourth-order valence-corrected chi connectivity index (χ4v) is 1.70. The van der Waals surface area contributed by atoms with Crippen LogP contribution >= 0.6 is 0 Å². The molecule has 0 saturated carbocycles. The number of hydrogen-bond acceptors (Lipinski definition) is 8. The number of carbonyl (C=O) groups is 4. The molecule has 0 fully saturated rings. The van der Waals surface area contributed by atoms with Gasteiger partial charge in [-0.15, -0.1) is 0 Å². The highest BCUT2D eigenvalue weighted by atomic mass is 16.5. The maximum atomic E-state index is 11.3. The molecule has 0 aromatic heterocycles. The summed E-state index contributed by atoms with van der Waals surface area (Å²) >= 11 is 0. The van der Waals surface area contributed by atoms with Crippen LogP contribution in [0.25, 0.3) is 0 Å². The standard InChI is InChI=1S/C15H28N4O7/c20-8-9-25-10-13(21)18-6-4-16-2-1-3-17-5-7-19-14(22)11-26-12-15(23)24/h8,16-17H,1-7,9-12H2,(H,18,21)(H,19,22)(H,23,24). The molecular formula is C15H28N4O7. The average molecular weight is 376 g/mol. The molecule has 0 bridgehead atoms. The predicted molar refractivity (Wildman–Crippen MR) is 91.7 cm³/mol. The molecule has 11 nitrogen and oxygen atoms in total. The van der Waals surface area contributed by atoms with E-state index in [-0.39, 0.29) is 31.6 Å². The molecular weight excluding hydrogens is 348 g/mol. The van der Waals surface area contributed by atoms with Gasteiger partial charge in [0.25, 0.3) is 0 Å². The van der Waals surface area contributed by atoms with Crippen LogP contribution in [-0.4, -0.2) is 94.9 Å². The van der Waals surface area contributed by atoms with Gasteiger partial charge in [0.1, 0.15) is 32.7 Å². The lowest BCUT2D eigenvalue weighted by atomic mass is 10.4. The summed E-state index contributed by atoms with van der Waals surface area (Å²) in [6.07, 6.45) is 1.47. The largest absolute Gasteiger partial charge is 0.480 e. The highest BCUT2D eigenvalue weighted by Crippen LogP contribution is 1.77. The van der Waals surface area contributed by atoms with Crippen molar-refractivity contribution in [3.05, 3.63) is 0 Å². The first kappa shape index (κ1) is 23.9. The summed E-state index contributed by atoms with van der Waals surface area (Å²) in [5, 5.41) is 19.9. The summed E-state index contributed by atoms with van der Waals surface area (Å²) in [7, 11) is 0. The number of nitrogens with one attached hydrogen (secondary N) is 4. The third kappa shape index (κ3) is 18.3. The maximum absolute atomic E-state index is 11.3. The Morgan fingerprint density at radius 2 is 1.31 bits per heavy atom. The first-order chi connectivity index (χ1) is 12.6. The van der Waals surface area contributed by atoms with Crippen LogP contribution in [0.1, 0.15) is 6.42 Å². The van der Waals surface area contributed by atoms with Gasteiger partial charge in [-0.3, -0.25) is 9.59 Å². The highest BCUT2D eigenvalue weighted by molar-refractivity contribution is 5.77. The molecule has 0 aromatic carbocycles. The number of carbonyl (C=O) groups excluding carboxylic acids is 3. The zero-order valence-electron chi connectivity index (χ0n) is 14.8. The summed E-state index contributed by atoms with van der Waals surface area (Å²) in [5.74, 6) is -1.72. The van der Waals surface area contributed by atoms with Crippen LogP contribution in [0.15, 0.2) is 0 Å². The summed E-state index contributed by atoms with van der Waals surface area (Å²) in [6.45, 7) is 2.73. The van der Waals surface area contributed by atoms with Crippen molar-refractivity contribution in [3.63, 3.8) is 0 Å². The van der Waals surface area contributed by atoms with Gasteiger partial charge in [0.2, 0.25) is 11.8 Å². The van der Waals surface area contributed by atoms with Gasteiger partial charge >= 0.3 is 5.97 Å². The van der Waals surface area contributed by atoms with E-state index in [1.165, 1.54) is 0 Å². The van der Waals surface area contributed by atoms with E-state index in [1.54, 1.807) is 0 Å². The van der Waals surface area contributed by atoms with E-state index in [1.807, 2.05) is 0 Å². The lowest BCUT2D eigenvalue weighted by Crippen LogP contribution is -2.36. The van der Waals surface area contributed by atoms with Crippen molar-refractivity contribution in [3.8, 4) is 0 Å². The van der Waals surface area contributed by atoms with Crippen molar-refractivity contribution in [2.45, 2.75) is 6.42 Å². The second-order valence-electron chi connectivity index (χ2n) is 5.12. The number of amides is 2. The molecule has 5 N–H and O–H groups in total. The minimum atomic E-state index is -1.11. The van der Waals surface area contributed by atoms with Crippen LogP contribution in [0.3, 0.4) is 0 Å². The molecule has 26 heavy (non-hydrogen) atoms. The molecule has 0 atom stereocenters. The summed E-state index contributed by atoms with van der Waals surface area (Å²) in [4.78, 5) is 42.7. The number of carboxylic acids is 1. The number of hydrogen-bond donors (Lipinski definition) is 5. The second kappa shape index (κ2) is 17.7. The van der Waals surface area contributed by atoms with Crippen molar-refractivity contribution in [2.75, 3.05) is 65.7 Å². The Balaban J connectivity index is 3.24. The van der Waals surface area contributed by atoms with E-state index in [4.69, 9.17) is 9.84 Å². The second-order valence-corrected chi connectivity index (χ2v) is 5.12. The molecule has 0 aliphatic heterocycles. The van der Waals surface area contributed by atoms with Gasteiger partial charge in [-0.2, -0.15) is 0 Å². The fraction of sp³-hybridized carbons (Fsp3) is 0.733. The van der Waals surface area contributed by atoms with Crippen molar-refractivity contribution >= 4 is 24.1 Å². The molecule has 0 unspecified atom stereocenters. The number of ether oxygens (including phenoxy) is 2. The Bertz CT molecular complexity index is 421. The lowest BCUT2D eigenvalue weighted by Gasteiger charge is -2.08. The summed E-state index contributed by atoms with van der Waals surface area (Å²) in [5.41, 5.74) is 0. The van der Waals surface area contributed by atoms with Crippen LogP contribution in [0, 0.1) is 0 Å². The van der Waals surface area contributed by atoms with E-state index in [2.05, 4.69) is 26.0 Å². The molecule has 0 heterocycles. The Morgan fingerprint density at radius 3 is 1.81 bits per heavy atom. The van der Waals surface area contributed by atoms with E-state index in [9.17, 15) is 19.2 Å². The van der Waals surface area contributed by atoms with Crippen LogP contribution in [-0.2, 0) is 28.7 Å². The minimum absolute atomic E-state index is 0.0825. The van der Waals surface area contributed by atoms with Crippen molar-refractivity contribution in [1.29, 1.82) is 0 Å². The minimum Gasteiger partial charge on any atom is -0.480 e. The van der Waals surface area contributed by atoms with Gasteiger partial charge in [0.05, 0.1) is 0 Å². The highest BCUT2D eigenvalue weighted by Gasteiger charge is 2.02. The Kier molecular flexibility index (Phi) is 16.3. The van der Waals surface area contributed by atoms with E-state index in [0.717, 1.165) is 19.5 Å². The molecule has 0 rings (SSSR count). The van der Waals surface area contributed by atoms with Gasteiger partial charge in [-0.25, -0.2) is 4.79 Å². The molecule has 150 valence electrons. The Hall–Kier alpha value is -2.08. The summed E-state index contributed by atoms with van der Waals surface area (Å²) < 4.78 is 9.42. The third-order valence-corrected chi connectivity index (χ3v) is 2.83. The SMILES string of the molecule is O=CCOCC(=O)NCCNCCCNCCNC(=O)COCC(=O)O. The molecule has 0 aliphatic carbocycles. The van der Waals surface area contributed by atoms with Gasteiger partial charge < -0.3 is 40.6 Å². The third-order valence-electron chi connectivity index (χ3n) is 2.83. The fourth-order valence-electron chi connectivity index (χ4n) is 1.70. The van der Waals surface area contributed by atoms with Gasteiger partial charge in [-0.05, 0) is 19.5 Å². The van der Waals surface area contributed by atoms with Crippen molar-refractivity contribution < 1.29 is 33.8 Å². The molecule has 11 heteroatoms. The Labute approximate surface area is 152 Å². The van der Waals surface area contributed by atoms with Crippen LogP contribution in [0.2, 0.25) is 0 Å². The molecule has 0 spiro atoms. The number of rotatable bonds is 18. The first-order valence-corrected chi connectivity index (χ1v) is 8.32. The molecule has 0 radical (unpaired) electrons. The summed E-state index contributed by atoms with van der Waals surface area (Å²) in [6, 6.07) is 0. The van der Waals surface area contributed by atoms with Crippen molar-refractivity contribution in [2.24, 2.45) is 0 Å². The van der Waals surface area contributed by atoms with Gasteiger partial charge in [-0.1, -0.05) is 0 Å². The van der Waals surface area contributed by atoms with Crippen LogP contribution < -0.4 is 21.3 Å². The normalized spacial score (nSPS) is 10.3. The maximum Gasteiger partial charge on any atom is 0.329 e. The number of aliphatic carboxylic acids is 1. The zero-order valence-corrected chi connectivity index (χ0v) is 14.8. The van der Waals surface area contributed by atoms with Crippen molar-refractivity contribution in [1.82, 2.24) is 21.3 Å². The predicted octanol–water partition coefficient (Wildman–Crippen LogP) is -2.90. The molecule has 0 aliphatic rings. The van der Waals surface area contributed by atoms with E-state index in [0.29, 0.717) is 32.5 Å². The van der Waals surface area contributed by atoms with E-state index >= 15 is 0 Å². The van der Waals surface area contributed by atoms with Gasteiger partial charge in [0.15, 0.2) is 0 Å². The number of carboxylic acid groups (broad SMARTS) is 1. The quantitative estimate of drug-likeness (QED) is 0.125. The van der Waals surface area contributed by atoms with E-state index < -0.39 is 12.6 Å². The van der Waals surface area contributed by atoms with Crippen LogP contribution in [0.4, 0.5) is 0 Å².